The minimum Gasteiger partial charge on any atom is -0.475 e. The summed E-state index contributed by atoms with van der Waals surface area (Å²) >= 11 is 0. The normalized spacial score (nSPS) is 8.79. The predicted octanol–water partition coefficient (Wildman–Crippen LogP) is 1.34. The van der Waals surface area contributed by atoms with Gasteiger partial charge in [-0.05, 0) is 19.7 Å². The molecule has 0 atom stereocenters. The van der Waals surface area contributed by atoms with Crippen LogP contribution < -0.4 is 4.90 Å². The molecule has 4 heteroatoms. The van der Waals surface area contributed by atoms with Crippen LogP contribution in [-0.4, -0.2) is 27.2 Å². The monoisotopic (exact) mass is 267 g/mol. The molecule has 0 aromatic heterocycles. The molecule has 0 aliphatic heterocycles. The van der Waals surface area contributed by atoms with Gasteiger partial charge in [0.25, 0.3) is 5.97 Å². The Morgan fingerprint density at radius 1 is 1.43 bits per heavy atom. The first kappa shape index (κ1) is 13.6. The Morgan fingerprint density at radius 3 is 2.57 bits per heavy atom. The Kier molecular flexibility index (Phi) is 5.97. The summed E-state index contributed by atoms with van der Waals surface area (Å²) in [4.78, 5) is 13.0. The number of ether oxygens (including phenoxy) is 1. The van der Waals surface area contributed by atoms with Crippen LogP contribution in [0.2, 0.25) is 0 Å². The molecule has 1 rings (SSSR count). The second-order valence-electron chi connectivity index (χ2n) is 2.87. The number of carbonyl (C=O) groups excluding carboxylic acids is 1. The van der Waals surface area contributed by atoms with E-state index in [0.29, 0.717) is 5.56 Å². The van der Waals surface area contributed by atoms with E-state index < -0.39 is 0 Å². The molecule has 0 aliphatic rings. The molecule has 1 aromatic rings. The Balaban J connectivity index is 0.00000169. The molecule has 3 nitrogen and oxygen atoms in total. The molecule has 1 aromatic carbocycles. The van der Waals surface area contributed by atoms with Crippen molar-refractivity contribution in [2.45, 2.75) is 0 Å². The first-order chi connectivity index (χ1) is 6.15. The first-order valence-electron chi connectivity index (χ1n) is 3.92. The quantitative estimate of drug-likeness (QED) is 0.598. The molecular formula is C10H12NO2Y-. The van der Waals surface area contributed by atoms with Gasteiger partial charge in [-0.3, -0.25) is 4.79 Å². The zero-order valence-corrected chi connectivity index (χ0v) is 11.4. The van der Waals surface area contributed by atoms with Crippen molar-refractivity contribution in [1.82, 2.24) is 0 Å². The van der Waals surface area contributed by atoms with Gasteiger partial charge in [-0.25, -0.2) is 0 Å². The number of methoxy groups -OCH3 is 1. The molecular weight excluding hydrogens is 255 g/mol. The molecule has 0 aliphatic carbocycles. The summed E-state index contributed by atoms with van der Waals surface area (Å²) in [5.41, 5.74) is 1.46. The fourth-order valence-electron chi connectivity index (χ4n) is 0.953. The van der Waals surface area contributed by atoms with Crippen LogP contribution in [0.5, 0.6) is 0 Å². The van der Waals surface area contributed by atoms with Crippen molar-refractivity contribution < 1.29 is 42.2 Å². The van der Waals surface area contributed by atoms with Gasteiger partial charge < -0.3 is 9.64 Å². The van der Waals surface area contributed by atoms with Crippen molar-refractivity contribution >= 4 is 11.7 Å². The Bertz CT molecular complexity index is 313. The van der Waals surface area contributed by atoms with Crippen molar-refractivity contribution in [3.05, 3.63) is 29.8 Å². The maximum absolute atomic E-state index is 11.1. The van der Waals surface area contributed by atoms with Crippen LogP contribution >= 0.6 is 0 Å². The Morgan fingerprint density at radius 2 is 2.07 bits per heavy atom. The van der Waals surface area contributed by atoms with E-state index in [4.69, 9.17) is 0 Å². The predicted molar refractivity (Wildman–Crippen MR) is 50.9 cm³/mol. The zero-order chi connectivity index (χ0) is 9.84. The van der Waals surface area contributed by atoms with E-state index in [-0.39, 0.29) is 38.7 Å². The van der Waals surface area contributed by atoms with Gasteiger partial charge in [-0.1, -0.05) is 5.69 Å². The molecule has 0 amide bonds. The van der Waals surface area contributed by atoms with Crippen LogP contribution in [0.3, 0.4) is 0 Å². The summed E-state index contributed by atoms with van der Waals surface area (Å²) in [6, 6.07) is 8.07. The first-order valence-corrected chi connectivity index (χ1v) is 3.92. The van der Waals surface area contributed by atoms with Crippen molar-refractivity contribution in [2.75, 3.05) is 26.1 Å². The van der Waals surface area contributed by atoms with Crippen LogP contribution in [0.25, 0.3) is 0 Å². The van der Waals surface area contributed by atoms with Crippen LogP contribution in [0.4, 0.5) is 5.69 Å². The molecule has 0 saturated heterocycles. The topological polar surface area (TPSA) is 29.5 Å². The summed E-state index contributed by atoms with van der Waals surface area (Å²) in [6.45, 7) is 0. The second kappa shape index (κ2) is 6.15. The maximum atomic E-state index is 11.1. The largest absolute Gasteiger partial charge is 0.475 e. The van der Waals surface area contributed by atoms with E-state index in [9.17, 15) is 4.79 Å². The maximum Gasteiger partial charge on any atom is 0.280 e. The number of esters is 1. The van der Waals surface area contributed by atoms with Crippen LogP contribution in [0, 0.1) is 6.07 Å². The van der Waals surface area contributed by atoms with Gasteiger partial charge in [0.2, 0.25) is 0 Å². The average Bonchev–Trinajstić information content (AvgIpc) is 2.17. The molecule has 0 spiro atoms. The number of nitrogens with zero attached hydrogens (tertiary/aromatic N) is 1. The fourth-order valence-corrected chi connectivity index (χ4v) is 0.953. The second-order valence-corrected chi connectivity index (χ2v) is 2.87. The molecule has 0 saturated carbocycles. The number of carbonyl (C=O) groups is 1. The van der Waals surface area contributed by atoms with Crippen LogP contribution in [-0.2, 0) is 37.4 Å². The number of rotatable bonds is 2. The Hall–Kier alpha value is -0.406. The Labute approximate surface area is 109 Å². The van der Waals surface area contributed by atoms with E-state index in [1.807, 2.05) is 25.1 Å². The van der Waals surface area contributed by atoms with Gasteiger partial charge in [0.05, 0.1) is 7.11 Å². The van der Waals surface area contributed by atoms with E-state index in [0.717, 1.165) is 5.69 Å². The van der Waals surface area contributed by atoms with Crippen molar-refractivity contribution in [3.63, 3.8) is 0 Å². The van der Waals surface area contributed by atoms with Gasteiger partial charge in [0.1, 0.15) is 0 Å². The number of hydrogen-bond donors (Lipinski definition) is 0. The van der Waals surface area contributed by atoms with Crippen LogP contribution in [0.1, 0.15) is 10.4 Å². The SMILES string of the molecule is COC(=O)c1c[c-]cc(N(C)C)c1.[Y]. The van der Waals surface area contributed by atoms with Gasteiger partial charge in [-0.15, -0.1) is 6.07 Å². The third kappa shape index (κ3) is 3.39. The fraction of sp³-hybridized carbons (Fsp3) is 0.300. The number of benzene rings is 1. The molecule has 0 heterocycles. The molecule has 0 N–H and O–H groups in total. The molecule has 73 valence electrons. The minimum atomic E-state index is -0.333. The summed E-state index contributed by atoms with van der Waals surface area (Å²) in [5.74, 6) is -0.333. The number of anilines is 1. The van der Waals surface area contributed by atoms with Gasteiger partial charge >= 0.3 is 0 Å². The molecule has 0 fully saturated rings. The standard InChI is InChI=1S/C10H12NO2.Y/c1-11(2)9-6-4-5-8(7-9)10(12)13-3;/h5-7H,1-3H3;/q-1;. The van der Waals surface area contributed by atoms with E-state index in [1.165, 1.54) is 7.11 Å². The van der Waals surface area contributed by atoms with E-state index >= 15 is 0 Å². The molecule has 0 bridgehead atoms. The third-order valence-corrected chi connectivity index (χ3v) is 1.71. The average molecular weight is 267 g/mol. The minimum absolute atomic E-state index is 0. The summed E-state index contributed by atoms with van der Waals surface area (Å²) in [6.07, 6.45) is 0. The third-order valence-electron chi connectivity index (χ3n) is 1.71. The molecule has 1 radical (unpaired) electrons. The summed E-state index contributed by atoms with van der Waals surface area (Å²) in [5, 5.41) is 0. The summed E-state index contributed by atoms with van der Waals surface area (Å²) < 4.78 is 4.59. The van der Waals surface area contributed by atoms with Crippen molar-refractivity contribution in [3.8, 4) is 0 Å². The number of hydrogen-bond acceptors (Lipinski definition) is 3. The zero-order valence-electron chi connectivity index (χ0n) is 8.57. The van der Waals surface area contributed by atoms with Crippen LogP contribution in [0.15, 0.2) is 18.2 Å². The van der Waals surface area contributed by atoms with E-state index in [2.05, 4.69) is 10.8 Å². The smallest absolute Gasteiger partial charge is 0.280 e. The van der Waals surface area contributed by atoms with Crippen molar-refractivity contribution in [1.29, 1.82) is 0 Å². The van der Waals surface area contributed by atoms with Crippen molar-refractivity contribution in [2.24, 2.45) is 0 Å². The summed E-state index contributed by atoms with van der Waals surface area (Å²) in [7, 11) is 5.18. The van der Waals surface area contributed by atoms with E-state index in [1.54, 1.807) is 12.1 Å². The molecule has 14 heavy (non-hydrogen) atoms. The van der Waals surface area contributed by atoms with Gasteiger partial charge in [-0.2, -0.15) is 18.2 Å². The van der Waals surface area contributed by atoms with Gasteiger partial charge in [0, 0.05) is 32.7 Å². The van der Waals surface area contributed by atoms with Gasteiger partial charge in [0.15, 0.2) is 0 Å². The molecule has 0 unspecified atom stereocenters.